The van der Waals surface area contributed by atoms with Gasteiger partial charge in [-0.2, -0.15) is 0 Å². The lowest BCUT2D eigenvalue weighted by Crippen LogP contribution is -2.41. The average Bonchev–Trinajstić information content (AvgIpc) is 2.85. The van der Waals surface area contributed by atoms with Crippen molar-refractivity contribution in [2.75, 3.05) is 19.6 Å². The molecule has 3 fully saturated rings. The van der Waals surface area contributed by atoms with E-state index in [1.165, 1.54) is 45.2 Å². The summed E-state index contributed by atoms with van der Waals surface area (Å²) >= 11 is 0. The third kappa shape index (κ3) is 2.38. The first-order valence-corrected chi connectivity index (χ1v) is 7.40. The lowest BCUT2D eigenvalue weighted by atomic mass is 9.85. The predicted molar refractivity (Wildman–Crippen MR) is 68.6 cm³/mol. The molecule has 0 aromatic carbocycles. The second kappa shape index (κ2) is 4.87. The van der Waals surface area contributed by atoms with Crippen molar-refractivity contribution in [2.45, 2.75) is 50.7 Å². The highest BCUT2D eigenvalue weighted by atomic mass is 16.3. The molecule has 0 aromatic heterocycles. The third-order valence-corrected chi connectivity index (χ3v) is 5.36. The molecular weight excluding hydrogens is 212 g/mol. The summed E-state index contributed by atoms with van der Waals surface area (Å²) < 4.78 is 0. The van der Waals surface area contributed by atoms with Crippen LogP contribution in [-0.2, 0) is 0 Å². The molecule has 17 heavy (non-hydrogen) atoms. The smallest absolute Gasteiger partial charge is 0.0583 e. The van der Waals surface area contributed by atoms with Crippen LogP contribution >= 0.6 is 0 Å². The summed E-state index contributed by atoms with van der Waals surface area (Å²) in [5.41, 5.74) is 6.22. The van der Waals surface area contributed by atoms with Crippen molar-refractivity contribution in [3.63, 3.8) is 0 Å². The summed E-state index contributed by atoms with van der Waals surface area (Å²) in [5.74, 6) is 2.04. The Hall–Kier alpha value is -0.120. The molecule has 3 N–H and O–H groups in total. The van der Waals surface area contributed by atoms with Gasteiger partial charge < -0.3 is 15.7 Å². The van der Waals surface area contributed by atoms with Gasteiger partial charge in [-0.3, -0.25) is 0 Å². The van der Waals surface area contributed by atoms with Crippen molar-refractivity contribution in [3.05, 3.63) is 0 Å². The van der Waals surface area contributed by atoms with E-state index < -0.39 is 0 Å². The molecule has 1 saturated heterocycles. The molecule has 2 aliphatic carbocycles. The van der Waals surface area contributed by atoms with E-state index in [0.29, 0.717) is 17.9 Å². The first-order valence-electron chi connectivity index (χ1n) is 7.40. The monoisotopic (exact) mass is 238 g/mol. The molecule has 3 heteroatoms. The fourth-order valence-corrected chi connectivity index (χ4v) is 4.27. The minimum Gasteiger partial charge on any atom is -0.393 e. The average molecular weight is 238 g/mol. The van der Waals surface area contributed by atoms with Crippen molar-refractivity contribution in [2.24, 2.45) is 23.5 Å². The Morgan fingerprint density at radius 3 is 2.65 bits per heavy atom. The molecule has 5 atom stereocenters. The highest BCUT2D eigenvalue weighted by Crippen LogP contribution is 2.38. The molecule has 98 valence electrons. The summed E-state index contributed by atoms with van der Waals surface area (Å²) in [6, 6.07) is 0.425. The van der Waals surface area contributed by atoms with Crippen LogP contribution in [0.1, 0.15) is 38.5 Å². The topological polar surface area (TPSA) is 49.5 Å². The Morgan fingerprint density at radius 1 is 1.06 bits per heavy atom. The van der Waals surface area contributed by atoms with E-state index in [0.717, 1.165) is 18.9 Å². The largest absolute Gasteiger partial charge is 0.393 e. The van der Waals surface area contributed by atoms with Crippen LogP contribution in [0.2, 0.25) is 0 Å². The molecule has 2 saturated carbocycles. The van der Waals surface area contributed by atoms with E-state index in [2.05, 4.69) is 4.90 Å². The molecule has 1 aliphatic heterocycles. The number of likely N-dealkylation sites (tertiary alicyclic amines) is 1. The van der Waals surface area contributed by atoms with Crippen LogP contribution in [0.4, 0.5) is 0 Å². The van der Waals surface area contributed by atoms with Crippen LogP contribution in [0.5, 0.6) is 0 Å². The molecule has 5 unspecified atom stereocenters. The maximum atomic E-state index is 9.92. The minimum atomic E-state index is -0.0231. The summed E-state index contributed by atoms with van der Waals surface area (Å²) in [6.07, 6.45) is 7.46. The fourth-order valence-electron chi connectivity index (χ4n) is 4.27. The zero-order valence-corrected chi connectivity index (χ0v) is 10.7. The Labute approximate surface area is 104 Å². The molecule has 3 aliphatic rings. The second-order valence-electron chi connectivity index (χ2n) is 6.50. The van der Waals surface area contributed by atoms with Gasteiger partial charge in [0.15, 0.2) is 0 Å². The van der Waals surface area contributed by atoms with E-state index in [1.54, 1.807) is 0 Å². The number of nitrogens with zero attached hydrogens (tertiary/aromatic N) is 1. The maximum absolute atomic E-state index is 9.92. The Bertz CT molecular complexity index is 271. The summed E-state index contributed by atoms with van der Waals surface area (Å²) in [7, 11) is 0. The lowest BCUT2D eigenvalue weighted by Gasteiger charge is -2.32. The van der Waals surface area contributed by atoms with Gasteiger partial charge in [0.25, 0.3) is 0 Å². The van der Waals surface area contributed by atoms with Crippen LogP contribution in [0.15, 0.2) is 0 Å². The van der Waals surface area contributed by atoms with Gasteiger partial charge in [-0.15, -0.1) is 0 Å². The number of hydrogen-bond donors (Lipinski definition) is 2. The van der Waals surface area contributed by atoms with E-state index in [1.807, 2.05) is 0 Å². The van der Waals surface area contributed by atoms with Gasteiger partial charge in [-0.1, -0.05) is 12.8 Å². The molecule has 0 amide bonds. The Balaban J connectivity index is 1.53. The molecule has 0 spiro atoms. The van der Waals surface area contributed by atoms with E-state index in [9.17, 15) is 5.11 Å². The van der Waals surface area contributed by atoms with Crippen molar-refractivity contribution in [1.29, 1.82) is 0 Å². The van der Waals surface area contributed by atoms with Crippen molar-refractivity contribution < 1.29 is 5.11 Å². The Kier molecular flexibility index (Phi) is 3.42. The van der Waals surface area contributed by atoms with Gasteiger partial charge in [-0.05, 0) is 37.5 Å². The molecule has 0 bridgehead atoms. The van der Waals surface area contributed by atoms with Crippen molar-refractivity contribution >= 4 is 0 Å². The van der Waals surface area contributed by atoms with Gasteiger partial charge in [0.1, 0.15) is 0 Å². The summed E-state index contributed by atoms with van der Waals surface area (Å²) in [4.78, 5) is 2.58. The van der Waals surface area contributed by atoms with E-state index in [4.69, 9.17) is 5.73 Å². The Morgan fingerprint density at radius 2 is 1.88 bits per heavy atom. The second-order valence-corrected chi connectivity index (χ2v) is 6.50. The molecule has 0 radical (unpaired) electrons. The van der Waals surface area contributed by atoms with Crippen LogP contribution in [-0.4, -0.2) is 41.8 Å². The van der Waals surface area contributed by atoms with Gasteiger partial charge in [0.2, 0.25) is 0 Å². The first-order chi connectivity index (χ1) is 8.24. The zero-order chi connectivity index (χ0) is 11.8. The molecule has 0 aromatic rings. The van der Waals surface area contributed by atoms with Crippen LogP contribution in [0.3, 0.4) is 0 Å². The molecule has 3 nitrogen and oxygen atoms in total. The molecule has 1 heterocycles. The van der Waals surface area contributed by atoms with Crippen LogP contribution in [0.25, 0.3) is 0 Å². The summed E-state index contributed by atoms with van der Waals surface area (Å²) in [6.45, 7) is 3.51. The van der Waals surface area contributed by atoms with Crippen LogP contribution < -0.4 is 5.73 Å². The number of rotatable bonds is 2. The highest BCUT2D eigenvalue weighted by molar-refractivity contribution is 4.94. The minimum absolute atomic E-state index is 0.0231. The quantitative estimate of drug-likeness (QED) is 0.760. The number of nitrogens with two attached hydrogens (primary N) is 1. The summed E-state index contributed by atoms with van der Waals surface area (Å²) in [5, 5.41) is 9.92. The van der Waals surface area contributed by atoms with E-state index >= 15 is 0 Å². The first kappa shape index (κ1) is 11.9. The van der Waals surface area contributed by atoms with Crippen molar-refractivity contribution in [1.82, 2.24) is 4.90 Å². The molecular formula is C14H26N2O. The predicted octanol–water partition coefficient (Wildman–Crippen LogP) is 1.21. The van der Waals surface area contributed by atoms with Crippen molar-refractivity contribution in [3.8, 4) is 0 Å². The SMILES string of the molecule is NC1CCCCC1CN1CC2CCC(O)C2C1. The van der Waals surface area contributed by atoms with E-state index in [-0.39, 0.29) is 6.10 Å². The highest BCUT2D eigenvalue weighted by Gasteiger charge is 2.42. The van der Waals surface area contributed by atoms with Gasteiger partial charge >= 0.3 is 0 Å². The zero-order valence-electron chi connectivity index (χ0n) is 10.7. The third-order valence-electron chi connectivity index (χ3n) is 5.36. The van der Waals surface area contributed by atoms with Gasteiger partial charge in [0.05, 0.1) is 6.10 Å². The fraction of sp³-hybridized carbons (Fsp3) is 1.00. The van der Waals surface area contributed by atoms with Gasteiger partial charge in [0, 0.05) is 31.6 Å². The van der Waals surface area contributed by atoms with Crippen LogP contribution in [0, 0.1) is 17.8 Å². The normalized spacial score (nSPS) is 47.3. The maximum Gasteiger partial charge on any atom is 0.0583 e. The lowest BCUT2D eigenvalue weighted by molar-refractivity contribution is 0.119. The number of fused-ring (bicyclic) bond motifs is 1. The molecule has 3 rings (SSSR count). The number of aliphatic hydroxyl groups is 1. The number of aliphatic hydroxyl groups excluding tert-OH is 1. The van der Waals surface area contributed by atoms with Gasteiger partial charge in [-0.25, -0.2) is 0 Å². The number of hydrogen-bond acceptors (Lipinski definition) is 3. The standard InChI is InChI=1S/C14H26N2O/c15-13-4-2-1-3-11(13)8-16-7-10-5-6-14(17)12(10)9-16/h10-14,17H,1-9,15H2.